The van der Waals surface area contributed by atoms with E-state index in [4.69, 9.17) is 0 Å². The lowest BCUT2D eigenvalue weighted by Gasteiger charge is -2.18. The van der Waals surface area contributed by atoms with Crippen molar-refractivity contribution in [2.24, 2.45) is 11.8 Å². The van der Waals surface area contributed by atoms with Gasteiger partial charge in [0.1, 0.15) is 5.82 Å². The monoisotopic (exact) mass is 336 g/mol. The Kier molecular flexibility index (Phi) is 5.94. The van der Waals surface area contributed by atoms with Crippen molar-refractivity contribution in [1.82, 2.24) is 4.90 Å². The Morgan fingerprint density at radius 2 is 2.08 bits per heavy atom. The molecule has 1 heterocycles. The molecule has 2 N–H and O–H groups in total. The number of rotatable bonds is 5. The van der Waals surface area contributed by atoms with Crippen molar-refractivity contribution >= 4 is 17.5 Å². The number of hydrogen-bond acceptors (Lipinski definition) is 3. The Morgan fingerprint density at radius 1 is 1.38 bits per heavy atom. The van der Waals surface area contributed by atoms with Crippen LogP contribution < -0.4 is 5.32 Å². The quantitative estimate of drug-likeness (QED) is 0.868. The summed E-state index contributed by atoms with van der Waals surface area (Å²) in [4.78, 5) is 25.8. The van der Waals surface area contributed by atoms with Crippen molar-refractivity contribution in [3.63, 3.8) is 0 Å². The number of nitrogens with zero attached hydrogens (tertiary/aromatic N) is 1. The van der Waals surface area contributed by atoms with Crippen molar-refractivity contribution in [2.45, 2.75) is 39.7 Å². The number of carbonyl (C=O) groups is 2. The van der Waals surface area contributed by atoms with E-state index in [1.54, 1.807) is 11.8 Å². The fraction of sp³-hybridized carbons (Fsp3) is 0.556. The third-order valence-corrected chi connectivity index (χ3v) is 4.28. The maximum absolute atomic E-state index is 14.2. The number of aliphatic hydroxyl groups excluding tert-OH is 1. The molecule has 0 aliphatic carbocycles. The van der Waals surface area contributed by atoms with Crippen molar-refractivity contribution in [2.75, 3.05) is 18.4 Å². The van der Waals surface area contributed by atoms with E-state index in [0.717, 1.165) is 12.5 Å². The lowest BCUT2D eigenvalue weighted by Crippen LogP contribution is -2.30. The van der Waals surface area contributed by atoms with Gasteiger partial charge in [0.15, 0.2) is 0 Å². The molecule has 1 aliphatic heterocycles. The normalized spacial score (nSPS) is 18.8. The van der Waals surface area contributed by atoms with Gasteiger partial charge < -0.3 is 15.3 Å². The molecular weight excluding hydrogens is 311 g/mol. The first-order valence-corrected chi connectivity index (χ1v) is 8.34. The molecule has 1 aliphatic rings. The topological polar surface area (TPSA) is 69.6 Å². The molecule has 2 atom stereocenters. The predicted octanol–water partition coefficient (Wildman–Crippen LogP) is 2.65. The molecule has 132 valence electrons. The van der Waals surface area contributed by atoms with Crippen LogP contribution in [0.15, 0.2) is 18.2 Å². The van der Waals surface area contributed by atoms with Crippen LogP contribution in [-0.2, 0) is 4.79 Å². The molecule has 6 heteroatoms. The SMILES string of the molecule is CC(C)CC(=O)Nc1ccc(C(=O)N2CCC(C(C)O)C2)cc1F. The molecule has 1 fully saturated rings. The molecule has 1 aromatic rings. The van der Waals surface area contributed by atoms with Crippen LogP contribution in [0, 0.1) is 17.7 Å². The van der Waals surface area contributed by atoms with Gasteiger partial charge >= 0.3 is 0 Å². The minimum absolute atomic E-state index is 0.0633. The number of benzene rings is 1. The molecule has 1 aromatic carbocycles. The Hall–Kier alpha value is -1.95. The van der Waals surface area contributed by atoms with Gasteiger partial charge in [0.25, 0.3) is 5.91 Å². The molecule has 0 bridgehead atoms. The van der Waals surface area contributed by atoms with Crippen LogP contribution in [0.25, 0.3) is 0 Å². The first-order valence-electron chi connectivity index (χ1n) is 8.34. The van der Waals surface area contributed by atoms with Gasteiger partial charge in [-0.15, -0.1) is 0 Å². The van der Waals surface area contributed by atoms with Gasteiger partial charge in [-0.05, 0) is 37.5 Å². The van der Waals surface area contributed by atoms with E-state index < -0.39 is 11.9 Å². The van der Waals surface area contributed by atoms with Crippen LogP contribution in [-0.4, -0.2) is 41.0 Å². The van der Waals surface area contributed by atoms with E-state index in [0.29, 0.717) is 19.5 Å². The summed E-state index contributed by atoms with van der Waals surface area (Å²) >= 11 is 0. The van der Waals surface area contributed by atoms with Crippen molar-refractivity contribution in [3.05, 3.63) is 29.6 Å². The zero-order chi connectivity index (χ0) is 17.9. The average molecular weight is 336 g/mol. The van der Waals surface area contributed by atoms with Gasteiger partial charge in [-0.25, -0.2) is 4.39 Å². The van der Waals surface area contributed by atoms with Crippen molar-refractivity contribution < 1.29 is 19.1 Å². The summed E-state index contributed by atoms with van der Waals surface area (Å²) in [5, 5.41) is 12.1. The van der Waals surface area contributed by atoms with E-state index >= 15 is 0 Å². The molecule has 0 saturated carbocycles. The molecule has 2 unspecified atom stereocenters. The van der Waals surface area contributed by atoms with Gasteiger partial charge in [-0.3, -0.25) is 9.59 Å². The Bertz CT molecular complexity index is 616. The third kappa shape index (κ3) is 4.54. The molecule has 0 aromatic heterocycles. The summed E-state index contributed by atoms with van der Waals surface area (Å²) in [5.41, 5.74) is 0.334. The first-order chi connectivity index (χ1) is 11.3. The minimum Gasteiger partial charge on any atom is -0.393 e. The van der Waals surface area contributed by atoms with E-state index in [2.05, 4.69) is 5.32 Å². The highest BCUT2D eigenvalue weighted by molar-refractivity contribution is 5.96. The average Bonchev–Trinajstić information content (AvgIpc) is 2.97. The number of halogens is 1. The predicted molar refractivity (Wildman–Crippen MR) is 90.2 cm³/mol. The van der Waals surface area contributed by atoms with Crippen LogP contribution in [0.2, 0.25) is 0 Å². The zero-order valence-corrected chi connectivity index (χ0v) is 14.4. The summed E-state index contributed by atoms with van der Waals surface area (Å²) in [7, 11) is 0. The van der Waals surface area contributed by atoms with Crippen LogP contribution in [0.3, 0.4) is 0 Å². The van der Waals surface area contributed by atoms with Gasteiger partial charge in [-0.1, -0.05) is 13.8 Å². The Balaban J connectivity index is 2.04. The van der Waals surface area contributed by atoms with E-state index in [9.17, 15) is 19.1 Å². The van der Waals surface area contributed by atoms with Crippen LogP contribution in [0.5, 0.6) is 0 Å². The fourth-order valence-electron chi connectivity index (χ4n) is 2.87. The van der Waals surface area contributed by atoms with Gasteiger partial charge in [0, 0.05) is 31.0 Å². The maximum atomic E-state index is 14.2. The van der Waals surface area contributed by atoms with Crippen LogP contribution in [0.4, 0.5) is 10.1 Å². The molecule has 0 radical (unpaired) electrons. The second-order valence-corrected chi connectivity index (χ2v) is 6.88. The largest absolute Gasteiger partial charge is 0.393 e. The molecular formula is C18H25FN2O3. The maximum Gasteiger partial charge on any atom is 0.253 e. The third-order valence-electron chi connectivity index (χ3n) is 4.28. The molecule has 1 saturated heterocycles. The Morgan fingerprint density at radius 3 is 2.62 bits per heavy atom. The van der Waals surface area contributed by atoms with Crippen LogP contribution in [0.1, 0.15) is 44.0 Å². The summed E-state index contributed by atoms with van der Waals surface area (Å²) in [6.45, 7) is 6.57. The second-order valence-electron chi connectivity index (χ2n) is 6.88. The van der Waals surface area contributed by atoms with E-state index in [1.165, 1.54) is 12.1 Å². The number of nitrogens with one attached hydrogen (secondary N) is 1. The number of anilines is 1. The number of likely N-dealkylation sites (tertiary alicyclic amines) is 1. The van der Waals surface area contributed by atoms with Gasteiger partial charge in [0.05, 0.1) is 11.8 Å². The lowest BCUT2D eigenvalue weighted by molar-refractivity contribution is -0.116. The molecule has 24 heavy (non-hydrogen) atoms. The minimum atomic E-state index is -0.621. The number of carbonyl (C=O) groups excluding carboxylic acids is 2. The highest BCUT2D eigenvalue weighted by atomic mass is 19.1. The van der Waals surface area contributed by atoms with Gasteiger partial charge in [0.2, 0.25) is 5.91 Å². The molecule has 5 nitrogen and oxygen atoms in total. The molecule has 2 amide bonds. The zero-order valence-electron chi connectivity index (χ0n) is 14.4. The summed E-state index contributed by atoms with van der Waals surface area (Å²) in [6.07, 6.45) is 0.599. The van der Waals surface area contributed by atoms with Crippen LogP contribution >= 0.6 is 0 Å². The summed E-state index contributed by atoms with van der Waals surface area (Å²) in [6, 6.07) is 4.10. The molecule has 0 spiro atoms. The smallest absolute Gasteiger partial charge is 0.253 e. The van der Waals surface area contributed by atoms with Gasteiger partial charge in [-0.2, -0.15) is 0 Å². The standard InChI is InChI=1S/C18H25FN2O3/c1-11(2)8-17(23)20-16-5-4-13(9-15(16)19)18(24)21-7-6-14(10-21)12(3)22/h4-5,9,11-12,14,22H,6-8,10H2,1-3H3,(H,20,23). The van der Waals surface area contributed by atoms with Crippen molar-refractivity contribution in [3.8, 4) is 0 Å². The number of aliphatic hydroxyl groups is 1. The summed E-state index contributed by atoms with van der Waals surface area (Å²) in [5.74, 6) is -0.872. The van der Waals surface area contributed by atoms with Crippen molar-refractivity contribution in [1.29, 1.82) is 0 Å². The fourth-order valence-corrected chi connectivity index (χ4v) is 2.87. The Labute approximate surface area is 141 Å². The number of amides is 2. The molecule has 2 rings (SSSR count). The number of hydrogen-bond donors (Lipinski definition) is 2. The highest BCUT2D eigenvalue weighted by Gasteiger charge is 2.29. The summed E-state index contributed by atoms with van der Waals surface area (Å²) < 4.78 is 14.2. The lowest BCUT2D eigenvalue weighted by atomic mass is 10.0. The van der Waals surface area contributed by atoms with E-state index in [-0.39, 0.29) is 34.9 Å². The highest BCUT2D eigenvalue weighted by Crippen LogP contribution is 2.23. The second kappa shape index (κ2) is 7.75. The first kappa shape index (κ1) is 18.4. The van der Waals surface area contributed by atoms with E-state index in [1.807, 2.05) is 13.8 Å².